The van der Waals surface area contributed by atoms with Crippen molar-refractivity contribution in [2.75, 3.05) is 24.6 Å². The molecule has 1 saturated carbocycles. The highest BCUT2D eigenvalue weighted by atomic mass is 19.1. The van der Waals surface area contributed by atoms with Gasteiger partial charge in [0.2, 0.25) is 0 Å². The lowest BCUT2D eigenvalue weighted by atomic mass is 9.94. The van der Waals surface area contributed by atoms with Crippen LogP contribution in [0.1, 0.15) is 70.2 Å². The molecule has 0 spiro atoms. The van der Waals surface area contributed by atoms with Crippen molar-refractivity contribution in [2.45, 2.75) is 71.0 Å². The molecule has 0 bridgehead atoms. The van der Waals surface area contributed by atoms with Gasteiger partial charge in [-0.1, -0.05) is 26.8 Å². The molecular weight excluding hydrogens is 495 g/mol. The van der Waals surface area contributed by atoms with Crippen LogP contribution in [0, 0.1) is 23.1 Å². The number of rotatable bonds is 9. The Balaban J connectivity index is 1.47. The molecule has 0 radical (unpaired) electrons. The van der Waals surface area contributed by atoms with Gasteiger partial charge in [0.25, 0.3) is 0 Å². The number of hydrogen-bond donors (Lipinski definition) is 0. The van der Waals surface area contributed by atoms with Gasteiger partial charge in [-0.15, -0.1) is 0 Å². The minimum atomic E-state index is -0.355. The van der Waals surface area contributed by atoms with Crippen LogP contribution in [0.3, 0.4) is 0 Å². The lowest BCUT2D eigenvalue weighted by Crippen LogP contribution is -2.59. The molecule has 3 aromatic rings. The molecule has 0 N–H and O–H groups in total. The van der Waals surface area contributed by atoms with E-state index in [0.29, 0.717) is 53.8 Å². The Morgan fingerprint density at radius 2 is 1.87 bits per heavy atom. The van der Waals surface area contributed by atoms with Crippen LogP contribution in [0.4, 0.5) is 10.2 Å². The number of aryl methyl sites for hydroxylation is 1. The van der Waals surface area contributed by atoms with E-state index in [2.05, 4.69) is 46.6 Å². The molecule has 9 heteroatoms. The molecule has 1 saturated heterocycles. The first-order chi connectivity index (χ1) is 18.9. The first-order valence-corrected chi connectivity index (χ1v) is 14.1. The summed E-state index contributed by atoms with van der Waals surface area (Å²) in [5.41, 5.74) is 1.82. The molecule has 3 atom stereocenters. The number of halogens is 1. The molecular formula is C30H37FN6O2. The third kappa shape index (κ3) is 5.35. The Bertz CT molecular complexity index is 1450. The number of hydrogen-bond acceptors (Lipinski definition) is 7. The highest BCUT2D eigenvalue weighted by molar-refractivity contribution is 5.86. The predicted molar refractivity (Wildman–Crippen MR) is 149 cm³/mol. The van der Waals surface area contributed by atoms with E-state index in [9.17, 15) is 10.1 Å². The number of nitriles is 1. The molecule has 2 aromatic heterocycles. The number of anilines is 1. The lowest BCUT2D eigenvalue weighted by Gasteiger charge is -2.49. The summed E-state index contributed by atoms with van der Waals surface area (Å²) in [6.07, 6.45) is 4.83. The second-order valence-electron chi connectivity index (χ2n) is 10.8. The smallest absolute Gasteiger partial charge is 0.349 e. The number of ether oxygens (including phenoxy) is 1. The summed E-state index contributed by atoms with van der Waals surface area (Å²) in [6, 6.07) is 10.9. The van der Waals surface area contributed by atoms with Gasteiger partial charge in [-0.3, -0.25) is 9.47 Å². The molecule has 0 amide bonds. The van der Waals surface area contributed by atoms with E-state index < -0.39 is 0 Å². The van der Waals surface area contributed by atoms with Crippen molar-refractivity contribution in [2.24, 2.45) is 13.0 Å². The minimum absolute atomic E-state index is 0.0430. The molecule has 2 aliphatic rings. The van der Waals surface area contributed by atoms with Crippen molar-refractivity contribution < 1.29 is 9.13 Å². The molecule has 1 aromatic carbocycles. The lowest BCUT2D eigenvalue weighted by molar-refractivity contribution is 0.0876. The van der Waals surface area contributed by atoms with Crippen LogP contribution in [0.2, 0.25) is 0 Å². The van der Waals surface area contributed by atoms with Crippen LogP contribution in [-0.2, 0) is 7.05 Å². The average Bonchev–Trinajstić information content (AvgIpc) is 3.79. The molecule has 3 heterocycles. The van der Waals surface area contributed by atoms with E-state index in [4.69, 9.17) is 4.74 Å². The van der Waals surface area contributed by atoms with Crippen LogP contribution in [0.5, 0.6) is 5.75 Å². The van der Waals surface area contributed by atoms with Crippen molar-refractivity contribution >= 4 is 16.9 Å². The van der Waals surface area contributed by atoms with Gasteiger partial charge in [0.05, 0.1) is 12.1 Å². The van der Waals surface area contributed by atoms with Gasteiger partial charge in [0, 0.05) is 49.9 Å². The maximum absolute atomic E-state index is 15.5. The second-order valence-corrected chi connectivity index (χ2v) is 10.8. The van der Waals surface area contributed by atoms with Crippen molar-refractivity contribution in [1.82, 2.24) is 19.4 Å². The van der Waals surface area contributed by atoms with E-state index in [1.165, 1.54) is 23.5 Å². The van der Waals surface area contributed by atoms with E-state index in [1.54, 1.807) is 19.2 Å². The molecule has 1 aliphatic carbocycles. The van der Waals surface area contributed by atoms with Gasteiger partial charge in [0.1, 0.15) is 28.8 Å². The molecule has 8 nitrogen and oxygen atoms in total. The number of aromatic nitrogens is 3. The largest absolute Gasteiger partial charge is 0.493 e. The SMILES string of the molecule is CC[C@H]1CN([C@H](CC)c2ccc(OCC3CC3)cc2F)[C@H](CC)CN1c1nc(=O)n(C)c2ccc(C#N)nc12. The molecule has 1 aliphatic heterocycles. The number of fused-ring (bicyclic) bond motifs is 1. The Morgan fingerprint density at radius 3 is 2.51 bits per heavy atom. The molecule has 206 valence electrons. The van der Waals surface area contributed by atoms with Crippen LogP contribution >= 0.6 is 0 Å². The zero-order valence-electron chi connectivity index (χ0n) is 23.2. The number of nitrogens with zero attached hydrogens (tertiary/aromatic N) is 6. The van der Waals surface area contributed by atoms with Crippen molar-refractivity contribution in [3.05, 3.63) is 57.9 Å². The third-order valence-electron chi connectivity index (χ3n) is 8.30. The zero-order chi connectivity index (χ0) is 27.7. The maximum Gasteiger partial charge on any atom is 0.349 e. The third-order valence-corrected chi connectivity index (χ3v) is 8.30. The minimum Gasteiger partial charge on any atom is -0.493 e. The topological polar surface area (TPSA) is 87.3 Å². The summed E-state index contributed by atoms with van der Waals surface area (Å²) in [5, 5.41) is 9.47. The van der Waals surface area contributed by atoms with Crippen molar-refractivity contribution in [1.29, 1.82) is 5.26 Å². The Morgan fingerprint density at radius 1 is 1.10 bits per heavy atom. The highest BCUT2D eigenvalue weighted by Gasteiger charge is 2.38. The quantitative estimate of drug-likeness (QED) is 0.385. The van der Waals surface area contributed by atoms with Gasteiger partial charge < -0.3 is 9.64 Å². The van der Waals surface area contributed by atoms with Gasteiger partial charge in [0.15, 0.2) is 5.82 Å². The van der Waals surface area contributed by atoms with Crippen LogP contribution in [0.15, 0.2) is 35.1 Å². The predicted octanol–water partition coefficient (Wildman–Crippen LogP) is 4.96. The summed E-state index contributed by atoms with van der Waals surface area (Å²) in [5.74, 6) is 1.50. The van der Waals surface area contributed by atoms with E-state index in [1.807, 2.05) is 12.1 Å². The van der Waals surface area contributed by atoms with Crippen molar-refractivity contribution in [3.8, 4) is 11.8 Å². The Labute approximate surface area is 229 Å². The van der Waals surface area contributed by atoms with E-state index in [-0.39, 0.29) is 35.3 Å². The molecule has 2 fully saturated rings. The summed E-state index contributed by atoms with van der Waals surface area (Å²) in [6.45, 7) is 8.34. The summed E-state index contributed by atoms with van der Waals surface area (Å²) in [4.78, 5) is 26.4. The normalized spacial score (nSPS) is 20.7. The first kappa shape index (κ1) is 27.1. The first-order valence-electron chi connectivity index (χ1n) is 14.1. The van der Waals surface area contributed by atoms with Crippen LogP contribution in [0.25, 0.3) is 11.0 Å². The highest BCUT2D eigenvalue weighted by Crippen LogP contribution is 2.37. The number of piperazine rings is 1. The van der Waals surface area contributed by atoms with Gasteiger partial charge >= 0.3 is 5.69 Å². The number of benzene rings is 1. The van der Waals surface area contributed by atoms with Crippen LogP contribution < -0.4 is 15.3 Å². The maximum atomic E-state index is 15.5. The fraction of sp³-hybridized carbons (Fsp3) is 0.533. The van der Waals surface area contributed by atoms with Crippen LogP contribution in [-0.4, -0.2) is 51.2 Å². The zero-order valence-corrected chi connectivity index (χ0v) is 23.2. The fourth-order valence-corrected chi connectivity index (χ4v) is 5.80. The average molecular weight is 533 g/mol. The fourth-order valence-electron chi connectivity index (χ4n) is 5.80. The van der Waals surface area contributed by atoms with Gasteiger partial charge in [-0.25, -0.2) is 14.2 Å². The monoisotopic (exact) mass is 532 g/mol. The van der Waals surface area contributed by atoms with Gasteiger partial charge in [-0.05, 0) is 56.2 Å². The van der Waals surface area contributed by atoms with E-state index >= 15 is 4.39 Å². The second kappa shape index (κ2) is 11.3. The molecule has 39 heavy (non-hydrogen) atoms. The summed E-state index contributed by atoms with van der Waals surface area (Å²) in [7, 11) is 1.67. The number of pyridine rings is 1. The van der Waals surface area contributed by atoms with Crippen molar-refractivity contribution in [3.63, 3.8) is 0 Å². The molecule has 0 unspecified atom stereocenters. The van der Waals surface area contributed by atoms with E-state index in [0.717, 1.165) is 19.3 Å². The van der Waals surface area contributed by atoms with Gasteiger partial charge in [-0.2, -0.15) is 10.2 Å². The summed E-state index contributed by atoms with van der Waals surface area (Å²) >= 11 is 0. The Hall–Kier alpha value is -3.51. The molecule has 5 rings (SSSR count). The Kier molecular flexibility index (Phi) is 7.85. The standard InChI is InChI=1S/C30H37FN6O2/c1-5-21-17-37(29-28-27(35(4)30(38)34-29)13-10-20(15-32)33-28)22(6-2)16-36(21)26(7-3)24-12-11-23(14-25(24)31)39-18-19-8-9-19/h10-14,19,21-22,26H,5-9,16-18H2,1-4H3/t21-,22+,26-/m1/s1. The summed E-state index contributed by atoms with van der Waals surface area (Å²) < 4.78 is 22.7.